The Bertz CT molecular complexity index is 677. The fourth-order valence-electron chi connectivity index (χ4n) is 2.75. The Labute approximate surface area is 136 Å². The van der Waals surface area contributed by atoms with Gasteiger partial charge in [-0.25, -0.2) is 4.98 Å². The third kappa shape index (κ3) is 3.51. The van der Waals surface area contributed by atoms with Crippen LogP contribution in [0.1, 0.15) is 21.5 Å². The van der Waals surface area contributed by atoms with Crippen LogP contribution in [0.15, 0.2) is 42.6 Å². The molecule has 2 aromatic rings. The van der Waals surface area contributed by atoms with Crippen molar-refractivity contribution in [3.05, 3.63) is 59.3 Å². The molecule has 2 heterocycles. The van der Waals surface area contributed by atoms with Gasteiger partial charge in [0.2, 0.25) is 0 Å². The molecular weight excluding hydrogens is 290 g/mol. The molecule has 1 N–H and O–H groups in total. The fraction of sp³-hybridized carbons (Fsp3) is 0.333. The number of aliphatic hydroxyl groups excluding tert-OH is 1. The third-order valence-electron chi connectivity index (χ3n) is 4.18. The van der Waals surface area contributed by atoms with Crippen molar-refractivity contribution >= 4 is 11.7 Å². The third-order valence-corrected chi connectivity index (χ3v) is 4.18. The molecule has 1 aliphatic rings. The van der Waals surface area contributed by atoms with Crippen LogP contribution in [0.5, 0.6) is 0 Å². The van der Waals surface area contributed by atoms with Gasteiger partial charge in [0.1, 0.15) is 5.82 Å². The van der Waals surface area contributed by atoms with Crippen LogP contribution in [0.3, 0.4) is 0 Å². The summed E-state index contributed by atoms with van der Waals surface area (Å²) in [4.78, 5) is 20.9. The van der Waals surface area contributed by atoms with Gasteiger partial charge in [-0.15, -0.1) is 0 Å². The molecule has 1 saturated heterocycles. The number of aromatic nitrogens is 1. The normalized spacial score (nSPS) is 14.9. The molecule has 5 heteroatoms. The van der Waals surface area contributed by atoms with Crippen LogP contribution in [-0.2, 0) is 6.61 Å². The van der Waals surface area contributed by atoms with E-state index in [1.54, 1.807) is 12.3 Å². The van der Waals surface area contributed by atoms with Crippen LogP contribution >= 0.6 is 0 Å². The minimum atomic E-state index is 0.0153. The summed E-state index contributed by atoms with van der Waals surface area (Å²) in [5.41, 5.74) is 2.75. The lowest BCUT2D eigenvalue weighted by Gasteiger charge is -2.35. The first-order valence-electron chi connectivity index (χ1n) is 7.84. The van der Waals surface area contributed by atoms with Gasteiger partial charge in [0.05, 0.1) is 6.61 Å². The van der Waals surface area contributed by atoms with E-state index in [1.807, 2.05) is 42.2 Å². The predicted octanol–water partition coefficient (Wildman–Crippen LogP) is 1.84. The molecule has 1 aromatic heterocycles. The van der Waals surface area contributed by atoms with E-state index in [0.717, 1.165) is 35.6 Å². The minimum Gasteiger partial charge on any atom is -0.392 e. The summed E-state index contributed by atoms with van der Waals surface area (Å²) < 4.78 is 0. The minimum absolute atomic E-state index is 0.0153. The standard InChI is InChI=1S/C18H21N3O2/c1-14-2-4-16(5-3-14)18(23)21-10-8-20(9-11-21)17-12-15(13-22)6-7-19-17/h2-7,12,22H,8-11,13H2,1H3. The highest BCUT2D eigenvalue weighted by atomic mass is 16.3. The van der Waals surface area contributed by atoms with E-state index >= 15 is 0 Å². The second-order valence-corrected chi connectivity index (χ2v) is 5.83. The van der Waals surface area contributed by atoms with Crippen molar-refractivity contribution in [3.8, 4) is 0 Å². The average Bonchev–Trinajstić information content (AvgIpc) is 2.62. The van der Waals surface area contributed by atoms with Gasteiger partial charge in [0.15, 0.2) is 0 Å². The largest absolute Gasteiger partial charge is 0.392 e. The molecule has 0 atom stereocenters. The zero-order valence-corrected chi connectivity index (χ0v) is 13.3. The number of carbonyl (C=O) groups is 1. The highest BCUT2D eigenvalue weighted by Crippen LogP contribution is 2.16. The zero-order chi connectivity index (χ0) is 16.2. The molecule has 0 saturated carbocycles. The summed E-state index contributed by atoms with van der Waals surface area (Å²) in [5, 5.41) is 9.22. The fourth-order valence-corrected chi connectivity index (χ4v) is 2.75. The molecule has 0 bridgehead atoms. The Hall–Kier alpha value is -2.40. The smallest absolute Gasteiger partial charge is 0.253 e. The summed E-state index contributed by atoms with van der Waals surface area (Å²) in [7, 11) is 0. The SMILES string of the molecule is Cc1ccc(C(=O)N2CCN(c3cc(CO)ccn3)CC2)cc1. The van der Waals surface area contributed by atoms with Crippen molar-refractivity contribution in [1.29, 1.82) is 0 Å². The predicted molar refractivity (Wildman–Crippen MR) is 89.5 cm³/mol. The van der Waals surface area contributed by atoms with Crippen molar-refractivity contribution in [1.82, 2.24) is 9.88 Å². The van der Waals surface area contributed by atoms with Gasteiger partial charge < -0.3 is 14.9 Å². The Morgan fingerprint density at radius 2 is 1.83 bits per heavy atom. The Kier molecular flexibility index (Phi) is 4.57. The molecule has 1 aliphatic heterocycles. The van der Waals surface area contributed by atoms with Gasteiger partial charge in [-0.05, 0) is 36.8 Å². The summed E-state index contributed by atoms with van der Waals surface area (Å²) in [5.74, 6) is 0.945. The molecule has 1 fully saturated rings. The van der Waals surface area contributed by atoms with E-state index in [1.165, 1.54) is 0 Å². The van der Waals surface area contributed by atoms with Crippen LogP contribution in [-0.4, -0.2) is 47.1 Å². The first-order valence-corrected chi connectivity index (χ1v) is 7.84. The monoisotopic (exact) mass is 311 g/mol. The topological polar surface area (TPSA) is 56.7 Å². The Balaban J connectivity index is 1.63. The summed E-state index contributed by atoms with van der Waals surface area (Å²) in [6.07, 6.45) is 1.71. The van der Waals surface area contributed by atoms with Crippen molar-refractivity contribution in [2.45, 2.75) is 13.5 Å². The van der Waals surface area contributed by atoms with Crippen molar-refractivity contribution < 1.29 is 9.90 Å². The van der Waals surface area contributed by atoms with Crippen LogP contribution in [0.4, 0.5) is 5.82 Å². The number of piperazine rings is 1. The molecular formula is C18H21N3O2. The molecule has 3 rings (SSSR count). The van der Waals surface area contributed by atoms with Crippen LogP contribution < -0.4 is 4.90 Å². The summed E-state index contributed by atoms with van der Waals surface area (Å²) >= 11 is 0. The summed E-state index contributed by atoms with van der Waals surface area (Å²) in [6, 6.07) is 11.4. The number of benzene rings is 1. The molecule has 0 aliphatic carbocycles. The first-order chi connectivity index (χ1) is 11.2. The number of hydrogen-bond acceptors (Lipinski definition) is 4. The van der Waals surface area contributed by atoms with Crippen molar-refractivity contribution in [2.75, 3.05) is 31.1 Å². The number of aryl methyl sites for hydroxylation is 1. The first kappa shape index (κ1) is 15.5. The van der Waals surface area contributed by atoms with Gasteiger partial charge >= 0.3 is 0 Å². The van der Waals surface area contributed by atoms with E-state index in [2.05, 4.69) is 9.88 Å². The second kappa shape index (κ2) is 6.79. The van der Waals surface area contributed by atoms with Gasteiger partial charge in [0, 0.05) is 37.9 Å². The highest BCUT2D eigenvalue weighted by molar-refractivity contribution is 5.94. The molecule has 5 nitrogen and oxygen atoms in total. The van der Waals surface area contributed by atoms with Gasteiger partial charge in [-0.3, -0.25) is 4.79 Å². The molecule has 0 radical (unpaired) electrons. The molecule has 23 heavy (non-hydrogen) atoms. The van der Waals surface area contributed by atoms with Gasteiger partial charge in [0.25, 0.3) is 5.91 Å². The number of anilines is 1. The average molecular weight is 311 g/mol. The number of aliphatic hydroxyl groups is 1. The maximum absolute atomic E-state index is 12.5. The van der Waals surface area contributed by atoms with Crippen LogP contribution in [0.2, 0.25) is 0 Å². The Morgan fingerprint density at radius 3 is 2.48 bits per heavy atom. The lowest BCUT2D eigenvalue weighted by Crippen LogP contribution is -2.49. The number of amides is 1. The van der Waals surface area contributed by atoms with Crippen molar-refractivity contribution in [2.24, 2.45) is 0 Å². The second-order valence-electron chi connectivity index (χ2n) is 5.83. The molecule has 1 aromatic carbocycles. The molecule has 0 spiro atoms. The number of carbonyl (C=O) groups excluding carboxylic acids is 1. The van der Waals surface area contributed by atoms with E-state index in [4.69, 9.17) is 0 Å². The maximum atomic E-state index is 12.5. The van der Waals surface area contributed by atoms with Crippen LogP contribution in [0, 0.1) is 6.92 Å². The molecule has 1 amide bonds. The van der Waals surface area contributed by atoms with E-state index in [0.29, 0.717) is 13.1 Å². The number of pyridine rings is 1. The van der Waals surface area contributed by atoms with Crippen molar-refractivity contribution in [3.63, 3.8) is 0 Å². The summed E-state index contributed by atoms with van der Waals surface area (Å²) in [6.45, 7) is 4.89. The Morgan fingerprint density at radius 1 is 1.13 bits per heavy atom. The zero-order valence-electron chi connectivity index (χ0n) is 13.3. The van der Waals surface area contributed by atoms with Gasteiger partial charge in [-0.2, -0.15) is 0 Å². The molecule has 120 valence electrons. The number of nitrogens with zero attached hydrogens (tertiary/aromatic N) is 3. The number of hydrogen-bond donors (Lipinski definition) is 1. The quantitative estimate of drug-likeness (QED) is 0.940. The lowest BCUT2D eigenvalue weighted by molar-refractivity contribution is 0.0746. The number of rotatable bonds is 3. The maximum Gasteiger partial charge on any atom is 0.253 e. The van der Waals surface area contributed by atoms with Crippen LogP contribution in [0.25, 0.3) is 0 Å². The van der Waals surface area contributed by atoms with E-state index in [-0.39, 0.29) is 12.5 Å². The van der Waals surface area contributed by atoms with Gasteiger partial charge in [-0.1, -0.05) is 17.7 Å². The van der Waals surface area contributed by atoms with E-state index < -0.39 is 0 Å². The van der Waals surface area contributed by atoms with E-state index in [9.17, 15) is 9.90 Å². The highest BCUT2D eigenvalue weighted by Gasteiger charge is 2.22. The molecule has 0 unspecified atom stereocenters. The lowest BCUT2D eigenvalue weighted by atomic mass is 10.1.